The molecular formula is C14H23N3O. The smallest absolute Gasteiger partial charge is 0.243 e. The summed E-state index contributed by atoms with van der Waals surface area (Å²) in [6.45, 7) is 4.27. The standard InChI is InChI=1S/C14H23N3O/c1-3-8(2)12(15)14-16-13(17-18-14)11-7-9-4-5-10(11)6-9/h8-12H,3-7,15H2,1-2H3/t8?,9?,10?,11?,12-/m0/s1. The second kappa shape index (κ2) is 4.65. The molecule has 1 aromatic rings. The van der Waals surface area contributed by atoms with Crippen molar-refractivity contribution in [3.8, 4) is 0 Å². The Labute approximate surface area is 108 Å². The van der Waals surface area contributed by atoms with Crippen molar-refractivity contribution in [3.05, 3.63) is 11.7 Å². The highest BCUT2D eigenvalue weighted by molar-refractivity contribution is 5.07. The van der Waals surface area contributed by atoms with Gasteiger partial charge in [0.25, 0.3) is 0 Å². The third kappa shape index (κ3) is 1.96. The molecular weight excluding hydrogens is 226 g/mol. The molecule has 4 nitrogen and oxygen atoms in total. The number of hydrogen-bond acceptors (Lipinski definition) is 4. The van der Waals surface area contributed by atoms with Gasteiger partial charge in [0, 0.05) is 5.92 Å². The fourth-order valence-electron chi connectivity index (χ4n) is 3.59. The lowest BCUT2D eigenvalue weighted by molar-refractivity contribution is 0.306. The van der Waals surface area contributed by atoms with Gasteiger partial charge in [-0.1, -0.05) is 31.8 Å². The number of nitrogens with two attached hydrogens (primary N) is 1. The van der Waals surface area contributed by atoms with Crippen molar-refractivity contribution in [1.82, 2.24) is 10.1 Å². The zero-order valence-corrected chi connectivity index (χ0v) is 11.3. The second-order valence-corrected chi connectivity index (χ2v) is 6.18. The summed E-state index contributed by atoms with van der Waals surface area (Å²) in [5.74, 6) is 4.16. The van der Waals surface area contributed by atoms with E-state index in [-0.39, 0.29) is 6.04 Å². The van der Waals surface area contributed by atoms with Crippen LogP contribution in [-0.2, 0) is 0 Å². The van der Waals surface area contributed by atoms with E-state index in [2.05, 4.69) is 24.0 Å². The van der Waals surface area contributed by atoms with Crippen LogP contribution in [0.15, 0.2) is 4.52 Å². The van der Waals surface area contributed by atoms with Crippen molar-refractivity contribution in [2.24, 2.45) is 23.5 Å². The average Bonchev–Trinajstić information content (AvgIpc) is 3.10. The molecule has 0 aromatic carbocycles. The van der Waals surface area contributed by atoms with E-state index in [1.54, 1.807) is 0 Å². The Bertz CT molecular complexity index is 417. The molecule has 0 aliphatic heterocycles. The van der Waals surface area contributed by atoms with Crippen LogP contribution < -0.4 is 5.73 Å². The Balaban J connectivity index is 1.74. The van der Waals surface area contributed by atoms with Crippen LogP contribution in [0.4, 0.5) is 0 Å². The predicted octanol–water partition coefficient (Wildman–Crippen LogP) is 3.02. The van der Waals surface area contributed by atoms with Gasteiger partial charge in [-0.25, -0.2) is 0 Å². The van der Waals surface area contributed by atoms with E-state index in [9.17, 15) is 0 Å². The van der Waals surface area contributed by atoms with Crippen molar-refractivity contribution < 1.29 is 4.52 Å². The molecule has 0 radical (unpaired) electrons. The zero-order valence-electron chi connectivity index (χ0n) is 11.3. The molecule has 0 spiro atoms. The number of rotatable bonds is 4. The van der Waals surface area contributed by atoms with E-state index in [4.69, 9.17) is 10.3 Å². The third-order valence-corrected chi connectivity index (χ3v) is 5.07. The van der Waals surface area contributed by atoms with Gasteiger partial charge in [0.1, 0.15) is 0 Å². The van der Waals surface area contributed by atoms with Gasteiger partial charge in [-0.15, -0.1) is 0 Å². The van der Waals surface area contributed by atoms with Gasteiger partial charge in [0.05, 0.1) is 6.04 Å². The monoisotopic (exact) mass is 249 g/mol. The summed E-state index contributed by atoms with van der Waals surface area (Å²) in [6.07, 6.45) is 6.40. The number of hydrogen-bond donors (Lipinski definition) is 1. The molecule has 1 aromatic heterocycles. The summed E-state index contributed by atoms with van der Waals surface area (Å²) in [5.41, 5.74) is 6.14. The van der Waals surface area contributed by atoms with Crippen molar-refractivity contribution in [1.29, 1.82) is 0 Å². The van der Waals surface area contributed by atoms with Gasteiger partial charge in [-0.2, -0.15) is 4.98 Å². The molecule has 4 unspecified atom stereocenters. The van der Waals surface area contributed by atoms with Crippen molar-refractivity contribution in [2.45, 2.75) is 57.9 Å². The van der Waals surface area contributed by atoms with Crippen LogP contribution in [0.1, 0.15) is 69.6 Å². The van der Waals surface area contributed by atoms with Crippen LogP contribution in [0.3, 0.4) is 0 Å². The van der Waals surface area contributed by atoms with Crippen LogP contribution in [0.25, 0.3) is 0 Å². The van der Waals surface area contributed by atoms with E-state index in [0.717, 1.165) is 24.1 Å². The van der Waals surface area contributed by atoms with Gasteiger partial charge in [0.2, 0.25) is 5.89 Å². The van der Waals surface area contributed by atoms with Crippen LogP contribution >= 0.6 is 0 Å². The first-order chi connectivity index (χ1) is 8.69. The molecule has 2 fully saturated rings. The van der Waals surface area contributed by atoms with Crippen LogP contribution in [-0.4, -0.2) is 10.1 Å². The first kappa shape index (κ1) is 12.2. The molecule has 3 rings (SSSR count). The topological polar surface area (TPSA) is 64.9 Å². The number of fused-ring (bicyclic) bond motifs is 2. The van der Waals surface area contributed by atoms with Crippen LogP contribution in [0.5, 0.6) is 0 Å². The van der Waals surface area contributed by atoms with Gasteiger partial charge in [0.15, 0.2) is 5.82 Å². The first-order valence-corrected chi connectivity index (χ1v) is 7.28. The summed E-state index contributed by atoms with van der Waals surface area (Å²) < 4.78 is 5.38. The molecule has 0 amide bonds. The molecule has 100 valence electrons. The van der Waals surface area contributed by atoms with Gasteiger partial charge < -0.3 is 10.3 Å². The summed E-state index contributed by atoms with van der Waals surface area (Å²) in [6, 6.07) is -0.116. The SMILES string of the molecule is CCC(C)[C@H](N)c1nc(C2CC3CCC2C3)no1. The van der Waals surface area contributed by atoms with Crippen molar-refractivity contribution >= 4 is 0 Å². The second-order valence-electron chi connectivity index (χ2n) is 6.18. The lowest BCUT2D eigenvalue weighted by Gasteiger charge is -2.17. The summed E-state index contributed by atoms with van der Waals surface area (Å²) in [7, 11) is 0. The maximum absolute atomic E-state index is 6.14. The minimum absolute atomic E-state index is 0.116. The molecule has 2 aliphatic carbocycles. The average molecular weight is 249 g/mol. The number of aromatic nitrogens is 2. The molecule has 5 atom stereocenters. The van der Waals surface area contributed by atoms with Gasteiger partial charge in [-0.3, -0.25) is 0 Å². The Kier molecular flexibility index (Phi) is 3.14. The van der Waals surface area contributed by atoms with Gasteiger partial charge >= 0.3 is 0 Å². The maximum atomic E-state index is 6.14. The van der Waals surface area contributed by atoms with E-state index >= 15 is 0 Å². The zero-order chi connectivity index (χ0) is 12.7. The quantitative estimate of drug-likeness (QED) is 0.890. The maximum Gasteiger partial charge on any atom is 0.243 e. The Hall–Kier alpha value is -0.900. The summed E-state index contributed by atoms with van der Waals surface area (Å²) in [5, 5.41) is 4.19. The Morgan fingerprint density at radius 1 is 1.39 bits per heavy atom. The lowest BCUT2D eigenvalue weighted by Crippen LogP contribution is -2.19. The molecule has 1 heterocycles. The highest BCUT2D eigenvalue weighted by atomic mass is 16.5. The minimum Gasteiger partial charge on any atom is -0.338 e. The minimum atomic E-state index is -0.116. The highest BCUT2D eigenvalue weighted by Crippen LogP contribution is 2.52. The molecule has 2 saturated carbocycles. The number of nitrogens with zero attached hydrogens (tertiary/aromatic N) is 2. The molecule has 4 heteroatoms. The van der Waals surface area contributed by atoms with E-state index in [1.807, 2.05) is 0 Å². The van der Waals surface area contributed by atoms with Gasteiger partial charge in [-0.05, 0) is 37.0 Å². The molecule has 0 saturated heterocycles. The van der Waals surface area contributed by atoms with Crippen LogP contribution in [0.2, 0.25) is 0 Å². The fraction of sp³-hybridized carbons (Fsp3) is 0.857. The molecule has 2 aliphatic rings. The van der Waals surface area contributed by atoms with E-state index in [1.165, 1.54) is 25.7 Å². The fourth-order valence-corrected chi connectivity index (χ4v) is 3.59. The van der Waals surface area contributed by atoms with Crippen LogP contribution in [0, 0.1) is 17.8 Å². The highest BCUT2D eigenvalue weighted by Gasteiger charge is 2.42. The molecule has 18 heavy (non-hydrogen) atoms. The molecule has 2 N–H and O–H groups in total. The van der Waals surface area contributed by atoms with Crippen molar-refractivity contribution in [2.75, 3.05) is 0 Å². The first-order valence-electron chi connectivity index (χ1n) is 7.28. The summed E-state index contributed by atoms with van der Waals surface area (Å²) >= 11 is 0. The Morgan fingerprint density at radius 2 is 2.22 bits per heavy atom. The van der Waals surface area contributed by atoms with Crippen molar-refractivity contribution in [3.63, 3.8) is 0 Å². The Morgan fingerprint density at radius 3 is 2.83 bits per heavy atom. The largest absolute Gasteiger partial charge is 0.338 e. The summed E-state index contributed by atoms with van der Waals surface area (Å²) in [4.78, 5) is 4.58. The predicted molar refractivity (Wildman–Crippen MR) is 68.9 cm³/mol. The normalized spacial score (nSPS) is 33.8. The third-order valence-electron chi connectivity index (χ3n) is 5.07. The van der Waals surface area contributed by atoms with E-state index in [0.29, 0.717) is 17.7 Å². The van der Waals surface area contributed by atoms with E-state index < -0.39 is 0 Å². The molecule has 2 bridgehead atoms. The lowest BCUT2D eigenvalue weighted by atomic mass is 9.88.